The molecule has 1 aromatic heterocycles. The first-order chi connectivity index (χ1) is 16.2. The summed E-state index contributed by atoms with van der Waals surface area (Å²) in [5.41, 5.74) is 1.20. The number of rotatable bonds is 5. The van der Waals surface area contributed by atoms with Gasteiger partial charge in [-0.3, -0.25) is 9.78 Å². The van der Waals surface area contributed by atoms with Gasteiger partial charge in [-0.2, -0.15) is 0 Å². The maximum atomic E-state index is 12.5. The molecule has 2 aromatic rings. The van der Waals surface area contributed by atoms with E-state index in [-0.39, 0.29) is 12.5 Å². The summed E-state index contributed by atoms with van der Waals surface area (Å²) >= 11 is 0. The zero-order valence-electron chi connectivity index (χ0n) is 20.2. The molecule has 4 rings (SSSR count). The summed E-state index contributed by atoms with van der Waals surface area (Å²) in [6, 6.07) is 5.77. The molecule has 0 bridgehead atoms. The molecule has 2 aliphatic heterocycles. The minimum absolute atomic E-state index is 0.0369. The summed E-state index contributed by atoms with van der Waals surface area (Å²) < 4.78 is 16.7. The fraction of sp³-hybridized carbons (Fsp3) is 0.560. The predicted octanol–water partition coefficient (Wildman–Crippen LogP) is 3.79. The van der Waals surface area contributed by atoms with Gasteiger partial charge in [0.1, 0.15) is 18.0 Å². The normalized spacial score (nSPS) is 20.5. The smallest absolute Gasteiger partial charge is 0.410 e. The van der Waals surface area contributed by atoms with Crippen LogP contribution in [0.2, 0.25) is 0 Å². The van der Waals surface area contributed by atoms with Gasteiger partial charge in [0.2, 0.25) is 0 Å². The summed E-state index contributed by atoms with van der Waals surface area (Å²) in [7, 11) is 1.63. The van der Waals surface area contributed by atoms with E-state index < -0.39 is 23.6 Å². The van der Waals surface area contributed by atoms with Crippen LogP contribution < -0.4 is 14.4 Å². The van der Waals surface area contributed by atoms with E-state index >= 15 is 0 Å². The molecule has 0 aliphatic carbocycles. The van der Waals surface area contributed by atoms with Crippen molar-refractivity contribution in [1.82, 2.24) is 9.88 Å². The van der Waals surface area contributed by atoms with Crippen molar-refractivity contribution < 1.29 is 28.9 Å². The molecule has 3 heterocycles. The van der Waals surface area contributed by atoms with Crippen molar-refractivity contribution in [2.45, 2.75) is 39.2 Å². The molecule has 1 fully saturated rings. The summed E-state index contributed by atoms with van der Waals surface area (Å²) in [5, 5.41) is 10.9. The number of carbonyl (C=O) groups is 2. The topological polar surface area (TPSA) is 101 Å². The number of piperidine rings is 1. The molecule has 0 spiro atoms. The average molecular weight is 472 g/mol. The molecule has 2 aliphatic rings. The van der Waals surface area contributed by atoms with E-state index in [1.165, 1.54) is 4.90 Å². The summed E-state index contributed by atoms with van der Waals surface area (Å²) in [6.45, 7) is 8.02. The molecule has 2 atom stereocenters. The number of carboxylic acid groups (broad SMARTS) is 1. The SMILES string of the molecule is COc1ccc2ncc3c(c2c1)N(CCC1CCN(C(=O)OC(C)(C)C)CC1C(=O)O)CCO3. The van der Waals surface area contributed by atoms with Crippen molar-refractivity contribution in [2.24, 2.45) is 11.8 Å². The fourth-order valence-electron chi connectivity index (χ4n) is 4.74. The molecule has 184 valence electrons. The van der Waals surface area contributed by atoms with Gasteiger partial charge in [0.05, 0.1) is 37.0 Å². The summed E-state index contributed by atoms with van der Waals surface area (Å²) in [4.78, 5) is 32.8. The van der Waals surface area contributed by atoms with Crippen LogP contribution in [0.25, 0.3) is 10.9 Å². The van der Waals surface area contributed by atoms with E-state index in [0.29, 0.717) is 39.1 Å². The van der Waals surface area contributed by atoms with Crippen LogP contribution in [0, 0.1) is 11.8 Å². The van der Waals surface area contributed by atoms with Crippen molar-refractivity contribution >= 4 is 28.7 Å². The second-order valence-electron chi connectivity index (χ2n) is 9.90. The first kappa shape index (κ1) is 23.9. The second kappa shape index (κ2) is 9.56. The van der Waals surface area contributed by atoms with Crippen LogP contribution in [-0.4, -0.2) is 72.5 Å². The number of carbonyl (C=O) groups excluding carboxylic acids is 1. The monoisotopic (exact) mass is 471 g/mol. The van der Waals surface area contributed by atoms with Gasteiger partial charge in [-0.1, -0.05) is 0 Å². The zero-order valence-corrected chi connectivity index (χ0v) is 20.2. The van der Waals surface area contributed by atoms with Crippen LogP contribution in [0.1, 0.15) is 33.6 Å². The van der Waals surface area contributed by atoms with Gasteiger partial charge in [0.25, 0.3) is 0 Å². The van der Waals surface area contributed by atoms with Gasteiger partial charge in [0.15, 0.2) is 5.75 Å². The number of aliphatic carboxylic acids is 1. The first-order valence-electron chi connectivity index (χ1n) is 11.7. The molecular weight excluding hydrogens is 438 g/mol. The molecule has 34 heavy (non-hydrogen) atoms. The lowest BCUT2D eigenvalue weighted by Gasteiger charge is -2.39. The van der Waals surface area contributed by atoms with E-state index in [1.807, 2.05) is 18.2 Å². The standard InChI is InChI=1S/C25H33N3O6/c1-25(2,3)34-24(31)28-10-8-16(19(15-28)23(29)30)7-9-27-11-12-33-21-14-26-20-6-5-17(32-4)13-18(20)22(21)27/h5-6,13-14,16,19H,7-12,15H2,1-4H3,(H,29,30). The Kier molecular flexibility index (Phi) is 6.72. The summed E-state index contributed by atoms with van der Waals surface area (Å²) in [5.74, 6) is -0.0728. The molecule has 1 N–H and O–H groups in total. The van der Waals surface area contributed by atoms with E-state index in [0.717, 1.165) is 28.1 Å². The Hall–Kier alpha value is -3.23. The third-order valence-electron chi connectivity index (χ3n) is 6.44. The molecule has 1 amide bonds. The number of hydrogen-bond donors (Lipinski definition) is 1. The lowest BCUT2D eigenvalue weighted by molar-refractivity contribution is -0.145. The Morgan fingerprint density at radius 1 is 1.26 bits per heavy atom. The van der Waals surface area contributed by atoms with Crippen LogP contribution in [0.15, 0.2) is 24.4 Å². The number of pyridine rings is 1. The lowest BCUT2D eigenvalue weighted by Crippen LogP contribution is -2.48. The Bertz CT molecular complexity index is 1060. The van der Waals surface area contributed by atoms with Gasteiger partial charge in [-0.15, -0.1) is 0 Å². The number of ether oxygens (including phenoxy) is 3. The molecular formula is C25H33N3O6. The highest BCUT2D eigenvalue weighted by Gasteiger charge is 2.37. The van der Waals surface area contributed by atoms with Crippen molar-refractivity contribution in [3.05, 3.63) is 24.4 Å². The predicted molar refractivity (Wildman–Crippen MR) is 128 cm³/mol. The minimum atomic E-state index is -0.875. The van der Waals surface area contributed by atoms with Crippen molar-refractivity contribution in [3.63, 3.8) is 0 Å². The van der Waals surface area contributed by atoms with Crippen molar-refractivity contribution in [2.75, 3.05) is 44.8 Å². The fourth-order valence-corrected chi connectivity index (χ4v) is 4.74. The highest BCUT2D eigenvalue weighted by Crippen LogP contribution is 2.39. The Balaban J connectivity index is 1.49. The van der Waals surface area contributed by atoms with E-state index in [4.69, 9.17) is 14.2 Å². The van der Waals surface area contributed by atoms with E-state index in [1.54, 1.807) is 34.1 Å². The van der Waals surface area contributed by atoms with Gasteiger partial charge >= 0.3 is 12.1 Å². The molecule has 1 saturated heterocycles. The highest BCUT2D eigenvalue weighted by molar-refractivity contribution is 5.96. The van der Waals surface area contributed by atoms with Gasteiger partial charge in [-0.25, -0.2) is 4.79 Å². The highest BCUT2D eigenvalue weighted by atomic mass is 16.6. The first-order valence-corrected chi connectivity index (χ1v) is 11.7. The Morgan fingerprint density at radius 3 is 2.76 bits per heavy atom. The number of methoxy groups -OCH3 is 1. The van der Waals surface area contributed by atoms with Crippen molar-refractivity contribution in [1.29, 1.82) is 0 Å². The molecule has 0 radical (unpaired) electrons. The average Bonchev–Trinajstić information content (AvgIpc) is 2.80. The van der Waals surface area contributed by atoms with Crippen LogP contribution in [-0.2, 0) is 9.53 Å². The number of amides is 1. The Morgan fingerprint density at radius 2 is 2.06 bits per heavy atom. The molecule has 1 aromatic carbocycles. The number of carboxylic acids is 1. The Labute approximate surface area is 199 Å². The van der Waals surface area contributed by atoms with Gasteiger partial charge < -0.3 is 29.1 Å². The number of aromatic nitrogens is 1. The maximum absolute atomic E-state index is 12.5. The van der Waals surface area contributed by atoms with Crippen molar-refractivity contribution in [3.8, 4) is 11.5 Å². The van der Waals surface area contributed by atoms with Crippen LogP contribution in [0.3, 0.4) is 0 Å². The molecule has 9 heteroatoms. The lowest BCUT2D eigenvalue weighted by atomic mass is 9.83. The van der Waals surface area contributed by atoms with Crippen LogP contribution in [0.5, 0.6) is 11.5 Å². The number of benzene rings is 1. The third-order valence-corrected chi connectivity index (χ3v) is 6.44. The third kappa shape index (κ3) is 5.13. The minimum Gasteiger partial charge on any atom is -0.497 e. The van der Waals surface area contributed by atoms with Gasteiger partial charge in [-0.05, 0) is 57.7 Å². The summed E-state index contributed by atoms with van der Waals surface area (Å²) in [6.07, 6.45) is 2.62. The number of hydrogen-bond acceptors (Lipinski definition) is 7. The maximum Gasteiger partial charge on any atom is 0.410 e. The zero-order chi connectivity index (χ0) is 24.5. The number of fused-ring (bicyclic) bond motifs is 3. The quantitative estimate of drug-likeness (QED) is 0.703. The van der Waals surface area contributed by atoms with E-state index in [2.05, 4.69) is 9.88 Å². The van der Waals surface area contributed by atoms with E-state index in [9.17, 15) is 14.7 Å². The molecule has 2 unspecified atom stereocenters. The molecule has 9 nitrogen and oxygen atoms in total. The molecule has 0 saturated carbocycles. The van der Waals surface area contributed by atoms with Crippen LogP contribution in [0.4, 0.5) is 10.5 Å². The number of nitrogens with zero attached hydrogens (tertiary/aromatic N) is 3. The number of likely N-dealkylation sites (tertiary alicyclic amines) is 1. The second-order valence-corrected chi connectivity index (χ2v) is 9.90. The van der Waals surface area contributed by atoms with Crippen LogP contribution >= 0.6 is 0 Å². The van der Waals surface area contributed by atoms with Gasteiger partial charge in [0, 0.05) is 25.0 Å². The number of anilines is 1. The largest absolute Gasteiger partial charge is 0.497 e.